The Hall–Kier alpha value is -2.53. The Labute approximate surface area is 153 Å². The molecule has 5 heteroatoms. The number of H-pyrrole nitrogens is 1. The topological polar surface area (TPSA) is 59.0 Å². The van der Waals surface area contributed by atoms with Gasteiger partial charge < -0.3 is 19.6 Å². The third-order valence-electron chi connectivity index (χ3n) is 5.14. The lowest BCUT2D eigenvalue weighted by molar-refractivity contribution is 0.0956. The van der Waals surface area contributed by atoms with Crippen molar-refractivity contribution in [3.8, 4) is 0 Å². The summed E-state index contributed by atoms with van der Waals surface area (Å²) in [5.41, 5.74) is 4.35. The second-order valence-electron chi connectivity index (χ2n) is 7.01. The molecule has 1 saturated heterocycles. The maximum absolute atomic E-state index is 12.5. The van der Waals surface area contributed by atoms with Crippen LogP contribution in [0.5, 0.6) is 0 Å². The number of aromatic amines is 1. The van der Waals surface area contributed by atoms with E-state index >= 15 is 0 Å². The number of nitrogens with zero attached hydrogens (tertiary/aromatic N) is 1. The van der Waals surface area contributed by atoms with Crippen molar-refractivity contribution < 1.29 is 4.74 Å². The predicted octanol–water partition coefficient (Wildman–Crippen LogP) is 3.47. The van der Waals surface area contributed by atoms with Crippen LogP contribution >= 0.6 is 0 Å². The number of hydrogen-bond donors (Lipinski definition) is 2. The van der Waals surface area contributed by atoms with E-state index in [9.17, 15) is 4.79 Å². The van der Waals surface area contributed by atoms with E-state index in [4.69, 9.17) is 4.74 Å². The van der Waals surface area contributed by atoms with Crippen molar-refractivity contribution in [1.82, 2.24) is 9.55 Å². The average Bonchev–Trinajstić information content (AvgIpc) is 3.28. The summed E-state index contributed by atoms with van der Waals surface area (Å²) in [5, 5.41) is 4.65. The maximum atomic E-state index is 12.5. The van der Waals surface area contributed by atoms with Crippen LogP contribution in [-0.4, -0.2) is 28.8 Å². The fourth-order valence-electron chi connectivity index (χ4n) is 3.74. The van der Waals surface area contributed by atoms with E-state index in [1.165, 1.54) is 10.9 Å². The van der Waals surface area contributed by atoms with Gasteiger partial charge in [-0.3, -0.25) is 4.79 Å². The summed E-state index contributed by atoms with van der Waals surface area (Å²) in [6.07, 6.45) is 5.27. The molecule has 0 spiro atoms. The van der Waals surface area contributed by atoms with Crippen LogP contribution < -0.4 is 10.9 Å². The van der Waals surface area contributed by atoms with Crippen LogP contribution in [0.15, 0.2) is 47.4 Å². The molecule has 5 nitrogen and oxygen atoms in total. The normalized spacial score (nSPS) is 17.0. The Morgan fingerprint density at radius 1 is 1.31 bits per heavy atom. The molecule has 1 fully saturated rings. The van der Waals surface area contributed by atoms with Crippen LogP contribution in [0.3, 0.4) is 0 Å². The standard InChI is InChI=1S/C21H25N3O2/c1-15-11-17(12-21(25)24(15)14-18-5-4-10-26-18)22-9-8-16-13-23-20-7-3-2-6-19(16)20/h2-3,6-7,11-13,18,22-23H,4-5,8-10,14H2,1H3/t18-/m0/s1. The summed E-state index contributed by atoms with van der Waals surface area (Å²) in [7, 11) is 0. The molecule has 136 valence electrons. The molecule has 1 aliphatic rings. The van der Waals surface area contributed by atoms with Gasteiger partial charge in [0.1, 0.15) is 0 Å². The fraction of sp³-hybridized carbons (Fsp3) is 0.381. The minimum absolute atomic E-state index is 0.0371. The lowest BCUT2D eigenvalue weighted by atomic mass is 10.1. The zero-order valence-corrected chi connectivity index (χ0v) is 15.1. The van der Waals surface area contributed by atoms with E-state index < -0.39 is 0 Å². The van der Waals surface area contributed by atoms with Gasteiger partial charge in [0.15, 0.2) is 0 Å². The molecule has 3 heterocycles. The van der Waals surface area contributed by atoms with Gasteiger partial charge in [0.2, 0.25) is 0 Å². The average molecular weight is 351 g/mol. The van der Waals surface area contributed by atoms with E-state index in [0.717, 1.165) is 49.3 Å². The molecule has 0 unspecified atom stereocenters. The van der Waals surface area contributed by atoms with Crippen LogP contribution in [0, 0.1) is 6.92 Å². The van der Waals surface area contributed by atoms with Crippen LogP contribution in [0.2, 0.25) is 0 Å². The van der Waals surface area contributed by atoms with Crippen LogP contribution in [-0.2, 0) is 17.7 Å². The Bertz CT molecular complexity index is 951. The molecule has 0 amide bonds. The van der Waals surface area contributed by atoms with E-state index in [1.54, 1.807) is 6.07 Å². The highest BCUT2D eigenvalue weighted by Crippen LogP contribution is 2.19. The molecule has 1 atom stereocenters. The number of fused-ring (bicyclic) bond motifs is 1. The van der Waals surface area contributed by atoms with Crippen LogP contribution in [0.25, 0.3) is 10.9 Å². The first kappa shape index (κ1) is 16.9. The first-order valence-corrected chi connectivity index (χ1v) is 9.32. The fourth-order valence-corrected chi connectivity index (χ4v) is 3.74. The number of nitrogens with one attached hydrogen (secondary N) is 2. The molecule has 4 rings (SSSR count). The lowest BCUT2D eigenvalue weighted by Gasteiger charge is -2.16. The largest absolute Gasteiger partial charge is 0.384 e. The zero-order chi connectivity index (χ0) is 17.9. The summed E-state index contributed by atoms with van der Waals surface area (Å²) < 4.78 is 7.48. The molecular formula is C21H25N3O2. The summed E-state index contributed by atoms with van der Waals surface area (Å²) >= 11 is 0. The number of anilines is 1. The van der Waals surface area contributed by atoms with Gasteiger partial charge in [-0.1, -0.05) is 18.2 Å². The molecule has 1 aliphatic heterocycles. The molecule has 3 aromatic rings. The van der Waals surface area contributed by atoms with Crippen LogP contribution in [0.4, 0.5) is 5.69 Å². The monoisotopic (exact) mass is 351 g/mol. The number of rotatable bonds is 6. The van der Waals surface area contributed by atoms with Gasteiger partial charge in [-0.05, 0) is 43.9 Å². The van der Waals surface area contributed by atoms with Crippen LogP contribution in [0.1, 0.15) is 24.1 Å². The smallest absolute Gasteiger partial charge is 0.252 e. The summed E-state index contributed by atoms with van der Waals surface area (Å²) in [6.45, 7) is 4.24. The molecule has 2 N–H and O–H groups in total. The minimum Gasteiger partial charge on any atom is -0.384 e. The molecule has 0 saturated carbocycles. The van der Waals surface area contributed by atoms with Crippen molar-refractivity contribution >= 4 is 16.6 Å². The Morgan fingerprint density at radius 3 is 3.00 bits per heavy atom. The van der Waals surface area contributed by atoms with E-state index in [0.29, 0.717) is 6.54 Å². The molecule has 2 aromatic heterocycles. The second kappa shape index (κ2) is 7.38. The highest BCUT2D eigenvalue weighted by atomic mass is 16.5. The third-order valence-corrected chi connectivity index (χ3v) is 5.14. The number of ether oxygens (including phenoxy) is 1. The molecule has 26 heavy (non-hydrogen) atoms. The summed E-state index contributed by atoms with van der Waals surface area (Å²) in [4.78, 5) is 15.8. The number of para-hydroxylation sites is 1. The Kier molecular flexibility index (Phi) is 4.80. The number of benzene rings is 1. The summed E-state index contributed by atoms with van der Waals surface area (Å²) in [6, 6.07) is 12.1. The van der Waals surface area contributed by atoms with Crippen molar-refractivity contribution in [3.05, 3.63) is 64.2 Å². The quantitative estimate of drug-likeness (QED) is 0.715. The van der Waals surface area contributed by atoms with Crippen molar-refractivity contribution in [2.45, 2.75) is 38.8 Å². The van der Waals surface area contributed by atoms with E-state index in [1.807, 2.05) is 23.6 Å². The van der Waals surface area contributed by atoms with Crippen molar-refractivity contribution in [2.75, 3.05) is 18.5 Å². The second-order valence-corrected chi connectivity index (χ2v) is 7.01. The predicted molar refractivity (Wildman–Crippen MR) is 105 cm³/mol. The molecule has 1 aromatic carbocycles. The van der Waals surface area contributed by atoms with Crippen molar-refractivity contribution in [2.24, 2.45) is 0 Å². The number of hydrogen-bond acceptors (Lipinski definition) is 3. The zero-order valence-electron chi connectivity index (χ0n) is 15.1. The van der Waals surface area contributed by atoms with Crippen molar-refractivity contribution in [1.29, 1.82) is 0 Å². The van der Waals surface area contributed by atoms with Gasteiger partial charge in [-0.15, -0.1) is 0 Å². The minimum atomic E-state index is 0.0371. The summed E-state index contributed by atoms with van der Waals surface area (Å²) in [5.74, 6) is 0. The molecule has 0 radical (unpaired) electrons. The van der Waals surface area contributed by atoms with Gasteiger partial charge in [-0.25, -0.2) is 0 Å². The van der Waals surface area contributed by atoms with Gasteiger partial charge in [0, 0.05) is 47.7 Å². The Morgan fingerprint density at radius 2 is 2.19 bits per heavy atom. The van der Waals surface area contributed by atoms with E-state index in [2.05, 4.69) is 34.7 Å². The highest BCUT2D eigenvalue weighted by Gasteiger charge is 2.17. The maximum Gasteiger partial charge on any atom is 0.252 e. The molecular weight excluding hydrogens is 326 g/mol. The number of aryl methyl sites for hydroxylation is 1. The Balaban J connectivity index is 1.41. The molecule has 0 aliphatic carbocycles. The van der Waals surface area contributed by atoms with Crippen molar-refractivity contribution in [3.63, 3.8) is 0 Å². The molecule has 0 bridgehead atoms. The van der Waals surface area contributed by atoms with Gasteiger partial charge in [0.25, 0.3) is 5.56 Å². The number of aromatic nitrogens is 2. The lowest BCUT2D eigenvalue weighted by Crippen LogP contribution is -2.28. The first-order chi connectivity index (χ1) is 12.7. The first-order valence-electron chi connectivity index (χ1n) is 9.32. The third kappa shape index (κ3) is 3.53. The number of pyridine rings is 1. The highest BCUT2D eigenvalue weighted by molar-refractivity contribution is 5.83. The van der Waals surface area contributed by atoms with Gasteiger partial charge in [-0.2, -0.15) is 0 Å². The van der Waals surface area contributed by atoms with E-state index in [-0.39, 0.29) is 11.7 Å². The van der Waals surface area contributed by atoms with Gasteiger partial charge in [0.05, 0.1) is 12.6 Å². The SMILES string of the molecule is Cc1cc(NCCc2c[nH]c3ccccc23)cc(=O)n1C[C@@H]1CCCO1. The van der Waals surface area contributed by atoms with Gasteiger partial charge >= 0.3 is 0 Å².